The van der Waals surface area contributed by atoms with Crippen molar-refractivity contribution in [1.82, 2.24) is 14.7 Å². The van der Waals surface area contributed by atoms with E-state index in [9.17, 15) is 9.59 Å². The van der Waals surface area contributed by atoms with Crippen LogP contribution in [0.1, 0.15) is 62.5 Å². The van der Waals surface area contributed by atoms with Crippen LogP contribution in [0.25, 0.3) is 0 Å². The van der Waals surface area contributed by atoms with E-state index in [2.05, 4.69) is 25.9 Å². The van der Waals surface area contributed by atoms with Gasteiger partial charge in [0, 0.05) is 25.2 Å². The molecule has 1 aromatic rings. The summed E-state index contributed by atoms with van der Waals surface area (Å²) in [4.78, 5) is 25.5. The van der Waals surface area contributed by atoms with Crippen molar-refractivity contribution in [2.24, 2.45) is 5.92 Å². The molecule has 1 aromatic heterocycles. The topological polar surface area (TPSA) is 75.4 Å². The lowest BCUT2D eigenvalue weighted by Crippen LogP contribution is -2.33. The van der Waals surface area contributed by atoms with Gasteiger partial charge in [-0.1, -0.05) is 0 Å². The first kappa shape index (κ1) is 17.5. The molecule has 1 amide bonds. The van der Waals surface area contributed by atoms with Gasteiger partial charge in [-0.3, -0.25) is 14.3 Å². The molecule has 1 saturated heterocycles. The Morgan fingerprint density at radius 2 is 2.00 bits per heavy atom. The number of aliphatic carboxylic acids is 1. The molecule has 23 heavy (non-hydrogen) atoms. The third kappa shape index (κ3) is 4.12. The van der Waals surface area contributed by atoms with Crippen molar-refractivity contribution in [3.8, 4) is 0 Å². The Labute approximate surface area is 137 Å². The average Bonchev–Trinajstić information content (AvgIpc) is 2.67. The van der Waals surface area contributed by atoms with Gasteiger partial charge in [-0.05, 0) is 52.9 Å². The summed E-state index contributed by atoms with van der Waals surface area (Å²) in [7, 11) is 0. The van der Waals surface area contributed by atoms with Crippen LogP contribution in [0, 0.1) is 12.8 Å². The number of likely N-dealkylation sites (tertiary alicyclic amines) is 1. The van der Waals surface area contributed by atoms with Crippen LogP contribution in [0.2, 0.25) is 0 Å². The van der Waals surface area contributed by atoms with Gasteiger partial charge in [-0.15, -0.1) is 0 Å². The fraction of sp³-hybridized carbons (Fsp3) is 0.706. The monoisotopic (exact) mass is 321 g/mol. The molecule has 1 aliphatic heterocycles. The van der Waals surface area contributed by atoms with Gasteiger partial charge in [0.1, 0.15) is 0 Å². The quantitative estimate of drug-likeness (QED) is 0.928. The Balaban J connectivity index is 2.09. The minimum atomic E-state index is -0.753. The number of carbonyl (C=O) groups is 2. The summed E-state index contributed by atoms with van der Waals surface area (Å²) in [5.74, 6) is -0.574. The van der Waals surface area contributed by atoms with Crippen LogP contribution in [-0.4, -0.2) is 44.8 Å². The first-order chi connectivity index (χ1) is 10.7. The molecule has 1 atom stereocenters. The van der Waals surface area contributed by atoms with Crippen molar-refractivity contribution < 1.29 is 14.7 Å². The molecule has 128 valence electrons. The fourth-order valence-corrected chi connectivity index (χ4v) is 3.29. The Morgan fingerprint density at radius 1 is 1.30 bits per heavy atom. The van der Waals surface area contributed by atoms with E-state index >= 15 is 0 Å². The van der Waals surface area contributed by atoms with E-state index in [1.165, 1.54) is 0 Å². The summed E-state index contributed by atoms with van der Waals surface area (Å²) in [5.41, 5.74) is 1.37. The van der Waals surface area contributed by atoms with Crippen molar-refractivity contribution in [1.29, 1.82) is 0 Å². The molecule has 1 aliphatic rings. The highest BCUT2D eigenvalue weighted by molar-refractivity contribution is 5.95. The number of carboxylic acids is 1. The van der Waals surface area contributed by atoms with Gasteiger partial charge < -0.3 is 10.0 Å². The smallest absolute Gasteiger partial charge is 0.303 e. The van der Waals surface area contributed by atoms with Gasteiger partial charge in [0.2, 0.25) is 0 Å². The van der Waals surface area contributed by atoms with Crippen LogP contribution in [0.3, 0.4) is 0 Å². The largest absolute Gasteiger partial charge is 0.481 e. The summed E-state index contributed by atoms with van der Waals surface area (Å²) >= 11 is 0. The second-order valence-electron chi connectivity index (χ2n) is 7.41. The zero-order valence-electron chi connectivity index (χ0n) is 14.5. The minimum Gasteiger partial charge on any atom is -0.481 e. The van der Waals surface area contributed by atoms with E-state index in [1.807, 2.05) is 16.5 Å². The number of aromatic nitrogens is 2. The normalized spacial score (nSPS) is 19.5. The van der Waals surface area contributed by atoms with Crippen LogP contribution in [0.4, 0.5) is 0 Å². The number of hydrogen-bond donors (Lipinski definition) is 1. The number of hydrogen-bond acceptors (Lipinski definition) is 3. The van der Waals surface area contributed by atoms with E-state index in [0.29, 0.717) is 18.7 Å². The summed E-state index contributed by atoms with van der Waals surface area (Å²) < 4.78 is 1.88. The first-order valence-corrected chi connectivity index (χ1v) is 8.26. The van der Waals surface area contributed by atoms with E-state index in [0.717, 1.165) is 25.0 Å². The molecule has 1 N–H and O–H groups in total. The number of carbonyl (C=O) groups excluding carboxylic acids is 1. The molecule has 0 aliphatic carbocycles. The van der Waals surface area contributed by atoms with Gasteiger partial charge in [0.15, 0.2) is 0 Å². The molecule has 0 spiro atoms. The van der Waals surface area contributed by atoms with E-state index in [4.69, 9.17) is 5.11 Å². The molecule has 2 heterocycles. The number of carboxylic acid groups (broad SMARTS) is 1. The highest BCUT2D eigenvalue weighted by atomic mass is 16.4. The molecule has 0 bridgehead atoms. The zero-order valence-corrected chi connectivity index (χ0v) is 14.5. The zero-order chi connectivity index (χ0) is 17.2. The standard InChI is InChI=1S/C17H27N3O3/c1-12-14(11-18-20(12)17(2,3)4)16(23)19-8-5-6-13(7-9-19)10-15(21)22/h11,13H,5-10H2,1-4H3,(H,21,22)/t13-/m0/s1. The first-order valence-electron chi connectivity index (χ1n) is 8.26. The molecule has 6 nitrogen and oxygen atoms in total. The maximum Gasteiger partial charge on any atom is 0.303 e. The molecule has 1 fully saturated rings. The van der Waals surface area contributed by atoms with Crippen LogP contribution < -0.4 is 0 Å². The van der Waals surface area contributed by atoms with Crippen molar-refractivity contribution >= 4 is 11.9 Å². The Hall–Kier alpha value is -1.85. The third-order valence-corrected chi connectivity index (χ3v) is 4.47. The van der Waals surface area contributed by atoms with Gasteiger partial charge in [-0.25, -0.2) is 0 Å². The van der Waals surface area contributed by atoms with Crippen LogP contribution >= 0.6 is 0 Å². The number of rotatable bonds is 3. The summed E-state index contributed by atoms with van der Waals surface area (Å²) in [6, 6.07) is 0. The molecule has 0 unspecified atom stereocenters. The maximum absolute atomic E-state index is 12.8. The number of nitrogens with zero attached hydrogens (tertiary/aromatic N) is 3. The minimum absolute atomic E-state index is 0.00831. The molecule has 6 heteroatoms. The molecule has 0 radical (unpaired) electrons. The predicted octanol–water partition coefficient (Wildman–Crippen LogP) is 2.66. The lowest BCUT2D eigenvalue weighted by atomic mass is 9.97. The van der Waals surface area contributed by atoms with E-state index < -0.39 is 5.97 Å². The highest BCUT2D eigenvalue weighted by Crippen LogP contribution is 2.24. The SMILES string of the molecule is Cc1c(C(=O)N2CCC[C@H](CC(=O)O)CC2)cnn1C(C)(C)C. The second-order valence-corrected chi connectivity index (χ2v) is 7.41. The molecular formula is C17H27N3O3. The van der Waals surface area contributed by atoms with Gasteiger partial charge in [0.05, 0.1) is 17.3 Å². The van der Waals surface area contributed by atoms with Crippen LogP contribution in [-0.2, 0) is 10.3 Å². The van der Waals surface area contributed by atoms with E-state index in [1.54, 1.807) is 6.20 Å². The predicted molar refractivity (Wildman–Crippen MR) is 87.5 cm³/mol. The van der Waals surface area contributed by atoms with Gasteiger partial charge >= 0.3 is 5.97 Å². The lowest BCUT2D eigenvalue weighted by Gasteiger charge is -2.23. The fourth-order valence-electron chi connectivity index (χ4n) is 3.29. The second kappa shape index (κ2) is 6.72. The third-order valence-electron chi connectivity index (χ3n) is 4.47. The summed E-state index contributed by atoms with van der Waals surface area (Å²) in [5, 5.41) is 13.3. The van der Waals surface area contributed by atoms with Crippen molar-refractivity contribution in [3.05, 3.63) is 17.5 Å². The Kier molecular flexibility index (Phi) is 5.12. The molecule has 0 aromatic carbocycles. The Bertz CT molecular complexity index is 586. The summed E-state index contributed by atoms with van der Waals surface area (Å²) in [6.45, 7) is 9.42. The Morgan fingerprint density at radius 3 is 2.57 bits per heavy atom. The van der Waals surface area contributed by atoms with Crippen molar-refractivity contribution in [2.45, 2.75) is 58.9 Å². The van der Waals surface area contributed by atoms with Gasteiger partial charge in [-0.2, -0.15) is 5.10 Å². The molecule has 2 rings (SSSR count). The van der Waals surface area contributed by atoms with E-state index in [-0.39, 0.29) is 23.8 Å². The number of amides is 1. The highest BCUT2D eigenvalue weighted by Gasteiger charge is 2.27. The maximum atomic E-state index is 12.8. The van der Waals surface area contributed by atoms with Crippen LogP contribution in [0.5, 0.6) is 0 Å². The average molecular weight is 321 g/mol. The molecule has 0 saturated carbocycles. The van der Waals surface area contributed by atoms with Gasteiger partial charge in [0.25, 0.3) is 5.91 Å². The lowest BCUT2D eigenvalue weighted by molar-refractivity contribution is -0.138. The summed E-state index contributed by atoms with van der Waals surface area (Å²) in [6.07, 6.45) is 4.34. The van der Waals surface area contributed by atoms with Crippen molar-refractivity contribution in [2.75, 3.05) is 13.1 Å². The van der Waals surface area contributed by atoms with Crippen molar-refractivity contribution in [3.63, 3.8) is 0 Å². The molecular weight excluding hydrogens is 294 g/mol. The van der Waals surface area contributed by atoms with Crippen LogP contribution in [0.15, 0.2) is 6.20 Å².